The predicted molar refractivity (Wildman–Crippen MR) is 71.2 cm³/mol. The highest BCUT2D eigenvalue weighted by Gasteiger charge is 2.20. The average molecular weight is 256 g/mol. The van der Waals surface area contributed by atoms with Crippen LogP contribution in [0.25, 0.3) is 0 Å². The molecule has 0 aliphatic rings. The smallest absolute Gasteiger partial charge is 0.347 e. The maximum Gasteiger partial charge on any atom is 0.347 e. The van der Waals surface area contributed by atoms with Crippen molar-refractivity contribution in [3.05, 3.63) is 10.6 Å². The third-order valence-electron chi connectivity index (χ3n) is 2.58. The Bertz CT molecular complexity index is 388. The topological polar surface area (TPSA) is 53.4 Å². The number of carboxylic acids is 1. The third kappa shape index (κ3) is 3.19. The molecule has 0 aliphatic carbocycles. The SMILES string of the molecule is CCCc1nc(N(CC)C(C)C)sc1C(=O)O. The molecule has 0 bridgehead atoms. The zero-order valence-electron chi connectivity index (χ0n) is 10.9. The van der Waals surface area contributed by atoms with Crippen LogP contribution >= 0.6 is 11.3 Å². The van der Waals surface area contributed by atoms with E-state index < -0.39 is 5.97 Å². The number of hydrogen-bond donors (Lipinski definition) is 1. The predicted octanol–water partition coefficient (Wildman–Crippen LogP) is 3.03. The van der Waals surface area contributed by atoms with Crippen molar-refractivity contribution in [1.82, 2.24) is 4.98 Å². The van der Waals surface area contributed by atoms with Crippen LogP contribution in [0.2, 0.25) is 0 Å². The lowest BCUT2D eigenvalue weighted by molar-refractivity contribution is 0.0700. The fourth-order valence-electron chi connectivity index (χ4n) is 1.76. The summed E-state index contributed by atoms with van der Waals surface area (Å²) in [5.74, 6) is -0.864. The van der Waals surface area contributed by atoms with Crippen LogP contribution in [0.5, 0.6) is 0 Å². The normalized spacial score (nSPS) is 10.9. The van der Waals surface area contributed by atoms with Crippen molar-refractivity contribution in [3.63, 3.8) is 0 Å². The van der Waals surface area contributed by atoms with Gasteiger partial charge < -0.3 is 10.0 Å². The van der Waals surface area contributed by atoms with Gasteiger partial charge in [0.2, 0.25) is 0 Å². The zero-order valence-corrected chi connectivity index (χ0v) is 11.7. The van der Waals surface area contributed by atoms with E-state index in [-0.39, 0.29) is 0 Å². The highest BCUT2D eigenvalue weighted by molar-refractivity contribution is 7.17. The summed E-state index contributed by atoms with van der Waals surface area (Å²) in [6.45, 7) is 9.11. The van der Waals surface area contributed by atoms with Crippen LogP contribution in [-0.4, -0.2) is 28.6 Å². The minimum atomic E-state index is -0.864. The van der Waals surface area contributed by atoms with Crippen molar-refractivity contribution in [3.8, 4) is 0 Å². The van der Waals surface area contributed by atoms with Crippen LogP contribution in [0.1, 0.15) is 49.5 Å². The monoisotopic (exact) mass is 256 g/mol. The van der Waals surface area contributed by atoms with Gasteiger partial charge in [0, 0.05) is 12.6 Å². The number of rotatable bonds is 6. The van der Waals surface area contributed by atoms with E-state index in [9.17, 15) is 4.79 Å². The molecule has 96 valence electrons. The summed E-state index contributed by atoms with van der Waals surface area (Å²) in [7, 11) is 0. The van der Waals surface area contributed by atoms with Crippen molar-refractivity contribution in [2.24, 2.45) is 0 Å². The lowest BCUT2D eigenvalue weighted by atomic mass is 10.2. The molecule has 0 saturated heterocycles. The fourth-order valence-corrected chi connectivity index (χ4v) is 2.91. The Kier molecular flexibility index (Phi) is 4.93. The summed E-state index contributed by atoms with van der Waals surface area (Å²) in [5, 5.41) is 9.97. The Morgan fingerprint density at radius 2 is 2.12 bits per heavy atom. The van der Waals surface area contributed by atoms with Gasteiger partial charge in [0.05, 0.1) is 5.69 Å². The minimum absolute atomic E-state index is 0.335. The number of hydrogen-bond acceptors (Lipinski definition) is 4. The second kappa shape index (κ2) is 6.00. The quantitative estimate of drug-likeness (QED) is 0.850. The number of thiazole rings is 1. The second-order valence-electron chi connectivity index (χ2n) is 4.21. The van der Waals surface area contributed by atoms with Crippen LogP contribution in [-0.2, 0) is 6.42 Å². The molecular weight excluding hydrogens is 236 g/mol. The first-order valence-electron chi connectivity index (χ1n) is 6.00. The molecular formula is C12H20N2O2S. The van der Waals surface area contributed by atoms with Gasteiger partial charge in [-0.05, 0) is 27.2 Å². The van der Waals surface area contributed by atoms with Crippen LogP contribution in [0.3, 0.4) is 0 Å². The van der Waals surface area contributed by atoms with Gasteiger partial charge in [0.15, 0.2) is 5.13 Å². The molecule has 0 spiro atoms. The Morgan fingerprint density at radius 1 is 1.47 bits per heavy atom. The summed E-state index contributed by atoms with van der Waals surface area (Å²) in [6, 6.07) is 0.335. The first-order valence-corrected chi connectivity index (χ1v) is 6.82. The van der Waals surface area contributed by atoms with Crippen LogP contribution < -0.4 is 4.90 Å². The fraction of sp³-hybridized carbons (Fsp3) is 0.667. The van der Waals surface area contributed by atoms with Gasteiger partial charge in [-0.25, -0.2) is 9.78 Å². The molecule has 0 amide bonds. The van der Waals surface area contributed by atoms with Gasteiger partial charge in [0.25, 0.3) is 0 Å². The van der Waals surface area contributed by atoms with E-state index in [0.717, 1.165) is 30.2 Å². The van der Waals surface area contributed by atoms with E-state index in [4.69, 9.17) is 5.11 Å². The third-order valence-corrected chi connectivity index (χ3v) is 3.70. The van der Waals surface area contributed by atoms with E-state index >= 15 is 0 Å². The summed E-state index contributed by atoms with van der Waals surface area (Å²) in [4.78, 5) is 18.1. The molecule has 1 N–H and O–H groups in total. The number of aryl methyl sites for hydroxylation is 1. The number of carbonyl (C=O) groups is 1. The van der Waals surface area contributed by atoms with Crippen LogP contribution in [0.4, 0.5) is 5.13 Å². The van der Waals surface area contributed by atoms with Gasteiger partial charge in [0.1, 0.15) is 4.88 Å². The first-order chi connectivity index (χ1) is 8.01. The molecule has 17 heavy (non-hydrogen) atoms. The average Bonchev–Trinajstić information content (AvgIpc) is 2.63. The Hall–Kier alpha value is -1.10. The molecule has 0 aliphatic heterocycles. The molecule has 1 aromatic heterocycles. The van der Waals surface area contributed by atoms with Gasteiger partial charge in [-0.15, -0.1) is 0 Å². The van der Waals surface area contributed by atoms with E-state index in [1.54, 1.807) is 0 Å². The van der Waals surface area contributed by atoms with Crippen molar-refractivity contribution >= 4 is 22.4 Å². The lowest BCUT2D eigenvalue weighted by Crippen LogP contribution is -2.30. The van der Waals surface area contributed by atoms with Crippen molar-refractivity contribution in [2.75, 3.05) is 11.4 Å². The zero-order chi connectivity index (χ0) is 13.0. The van der Waals surface area contributed by atoms with Gasteiger partial charge >= 0.3 is 5.97 Å². The first kappa shape index (κ1) is 14.0. The van der Waals surface area contributed by atoms with Gasteiger partial charge in [-0.3, -0.25) is 0 Å². The largest absolute Gasteiger partial charge is 0.477 e. The standard InChI is InChI=1S/C12H20N2O2S/c1-5-7-9-10(11(15)16)17-12(13-9)14(6-2)8(3)4/h8H,5-7H2,1-4H3,(H,15,16). The molecule has 0 atom stereocenters. The van der Waals surface area contributed by atoms with E-state index in [1.165, 1.54) is 11.3 Å². The number of anilines is 1. The lowest BCUT2D eigenvalue weighted by Gasteiger charge is -2.24. The van der Waals surface area contributed by atoms with Crippen molar-refractivity contribution < 1.29 is 9.90 Å². The summed E-state index contributed by atoms with van der Waals surface area (Å²) >= 11 is 1.28. The Labute approximate surface area is 106 Å². The molecule has 0 saturated carbocycles. The molecule has 5 heteroatoms. The molecule has 0 unspecified atom stereocenters. The Morgan fingerprint density at radius 3 is 2.53 bits per heavy atom. The molecule has 0 fully saturated rings. The molecule has 0 radical (unpaired) electrons. The molecule has 1 heterocycles. The minimum Gasteiger partial charge on any atom is -0.477 e. The number of aromatic nitrogens is 1. The molecule has 1 aromatic rings. The maximum atomic E-state index is 11.1. The highest BCUT2D eigenvalue weighted by Crippen LogP contribution is 2.28. The number of aromatic carboxylic acids is 1. The van der Waals surface area contributed by atoms with E-state index in [0.29, 0.717) is 10.9 Å². The summed E-state index contributed by atoms with van der Waals surface area (Å²) in [6.07, 6.45) is 1.64. The van der Waals surface area contributed by atoms with E-state index in [1.807, 2.05) is 6.92 Å². The van der Waals surface area contributed by atoms with Crippen molar-refractivity contribution in [1.29, 1.82) is 0 Å². The Balaban J connectivity index is 3.09. The van der Waals surface area contributed by atoms with Crippen LogP contribution in [0.15, 0.2) is 0 Å². The number of carboxylic acid groups (broad SMARTS) is 1. The second-order valence-corrected chi connectivity index (χ2v) is 5.18. The molecule has 1 rings (SSSR count). The van der Waals surface area contributed by atoms with Gasteiger partial charge in [-0.2, -0.15) is 0 Å². The van der Waals surface area contributed by atoms with Gasteiger partial charge in [-0.1, -0.05) is 24.7 Å². The van der Waals surface area contributed by atoms with E-state index in [2.05, 4.69) is 30.7 Å². The summed E-state index contributed by atoms with van der Waals surface area (Å²) in [5.41, 5.74) is 0.721. The summed E-state index contributed by atoms with van der Waals surface area (Å²) < 4.78 is 0. The highest BCUT2D eigenvalue weighted by atomic mass is 32.1. The molecule has 4 nitrogen and oxygen atoms in total. The molecule has 0 aromatic carbocycles. The number of nitrogens with zero attached hydrogens (tertiary/aromatic N) is 2. The van der Waals surface area contributed by atoms with Crippen LogP contribution in [0, 0.1) is 0 Å². The maximum absolute atomic E-state index is 11.1. The van der Waals surface area contributed by atoms with Crippen molar-refractivity contribution in [2.45, 2.75) is 46.6 Å².